The summed E-state index contributed by atoms with van der Waals surface area (Å²) in [4.78, 5) is 6.80. The number of hydrogen-bond donors (Lipinski definition) is 1. The molecule has 0 saturated carbocycles. The molecule has 1 aliphatic rings. The van der Waals surface area contributed by atoms with Gasteiger partial charge in [0.1, 0.15) is 5.75 Å². The number of methoxy groups -OCH3 is 1. The van der Waals surface area contributed by atoms with Gasteiger partial charge >= 0.3 is 0 Å². The van der Waals surface area contributed by atoms with Gasteiger partial charge in [-0.1, -0.05) is 35.5 Å². The highest BCUT2D eigenvalue weighted by molar-refractivity contribution is 5.54. The SMILES string of the molecule is COc1ccc(-c2nc(CN3C[C@@H](N)[C@H](c4ccccc4)C3)no2)cc1. The van der Waals surface area contributed by atoms with Crippen molar-refractivity contribution in [2.75, 3.05) is 20.2 Å². The van der Waals surface area contributed by atoms with Crippen LogP contribution in [-0.4, -0.2) is 41.3 Å². The van der Waals surface area contributed by atoms with Crippen molar-refractivity contribution < 1.29 is 9.26 Å². The van der Waals surface area contributed by atoms with Crippen molar-refractivity contribution in [3.63, 3.8) is 0 Å². The smallest absolute Gasteiger partial charge is 0.257 e. The van der Waals surface area contributed by atoms with Crippen LogP contribution in [-0.2, 0) is 6.54 Å². The lowest BCUT2D eigenvalue weighted by molar-refractivity contribution is 0.306. The lowest BCUT2D eigenvalue weighted by Crippen LogP contribution is -2.28. The molecule has 4 rings (SSSR count). The van der Waals surface area contributed by atoms with Crippen molar-refractivity contribution in [1.29, 1.82) is 0 Å². The molecule has 134 valence electrons. The number of rotatable bonds is 5. The minimum Gasteiger partial charge on any atom is -0.497 e. The fraction of sp³-hybridized carbons (Fsp3) is 0.300. The first-order valence-corrected chi connectivity index (χ1v) is 8.73. The highest BCUT2D eigenvalue weighted by atomic mass is 16.5. The Morgan fingerprint density at radius 2 is 1.88 bits per heavy atom. The number of likely N-dealkylation sites (tertiary alicyclic amines) is 1. The maximum atomic E-state index is 6.36. The van der Waals surface area contributed by atoms with E-state index in [9.17, 15) is 0 Å². The van der Waals surface area contributed by atoms with E-state index in [4.69, 9.17) is 15.0 Å². The zero-order valence-corrected chi connectivity index (χ0v) is 14.7. The van der Waals surface area contributed by atoms with E-state index in [0.29, 0.717) is 24.2 Å². The largest absolute Gasteiger partial charge is 0.497 e. The van der Waals surface area contributed by atoms with Crippen LogP contribution in [0.3, 0.4) is 0 Å². The third-order valence-corrected chi connectivity index (χ3v) is 4.84. The Morgan fingerprint density at radius 3 is 2.62 bits per heavy atom. The summed E-state index contributed by atoms with van der Waals surface area (Å²) in [7, 11) is 1.64. The van der Waals surface area contributed by atoms with Gasteiger partial charge in [0.15, 0.2) is 5.82 Å². The van der Waals surface area contributed by atoms with E-state index in [-0.39, 0.29) is 6.04 Å². The van der Waals surface area contributed by atoms with Crippen molar-refractivity contribution in [2.45, 2.75) is 18.5 Å². The van der Waals surface area contributed by atoms with E-state index in [0.717, 1.165) is 24.4 Å². The summed E-state index contributed by atoms with van der Waals surface area (Å²) >= 11 is 0. The number of hydrogen-bond acceptors (Lipinski definition) is 6. The number of aromatic nitrogens is 2. The van der Waals surface area contributed by atoms with Gasteiger partial charge in [-0.05, 0) is 29.8 Å². The van der Waals surface area contributed by atoms with Crippen LogP contribution >= 0.6 is 0 Å². The van der Waals surface area contributed by atoms with E-state index in [1.807, 2.05) is 30.3 Å². The van der Waals surface area contributed by atoms with E-state index in [2.05, 4.69) is 39.3 Å². The van der Waals surface area contributed by atoms with Crippen molar-refractivity contribution in [3.05, 3.63) is 66.0 Å². The number of nitrogens with zero attached hydrogens (tertiary/aromatic N) is 3. The second-order valence-electron chi connectivity index (χ2n) is 6.62. The van der Waals surface area contributed by atoms with Crippen LogP contribution in [0.5, 0.6) is 5.75 Å². The van der Waals surface area contributed by atoms with Gasteiger partial charge in [0.2, 0.25) is 0 Å². The molecule has 0 aliphatic carbocycles. The Morgan fingerprint density at radius 1 is 1.12 bits per heavy atom. The second-order valence-corrected chi connectivity index (χ2v) is 6.62. The normalized spacial score (nSPS) is 20.4. The summed E-state index contributed by atoms with van der Waals surface area (Å²) in [5.74, 6) is 2.33. The fourth-order valence-corrected chi connectivity index (χ4v) is 3.46. The summed E-state index contributed by atoms with van der Waals surface area (Å²) in [6.45, 7) is 2.36. The van der Waals surface area contributed by atoms with E-state index >= 15 is 0 Å². The Bertz CT molecular complexity index is 848. The molecule has 0 spiro atoms. The fourth-order valence-electron chi connectivity index (χ4n) is 3.46. The minimum absolute atomic E-state index is 0.116. The molecule has 6 nitrogen and oxygen atoms in total. The van der Waals surface area contributed by atoms with Crippen LogP contribution in [0.4, 0.5) is 0 Å². The second kappa shape index (κ2) is 7.27. The molecule has 2 aromatic carbocycles. The molecule has 1 aromatic heterocycles. The van der Waals surface area contributed by atoms with Gasteiger partial charge in [0.05, 0.1) is 13.7 Å². The van der Waals surface area contributed by atoms with Gasteiger partial charge in [0, 0.05) is 30.6 Å². The van der Waals surface area contributed by atoms with Crippen molar-refractivity contribution >= 4 is 0 Å². The van der Waals surface area contributed by atoms with Gasteiger partial charge in [-0.3, -0.25) is 4.90 Å². The van der Waals surface area contributed by atoms with Crippen molar-refractivity contribution in [3.8, 4) is 17.2 Å². The number of benzene rings is 2. The quantitative estimate of drug-likeness (QED) is 0.762. The van der Waals surface area contributed by atoms with Crippen molar-refractivity contribution in [1.82, 2.24) is 15.0 Å². The molecule has 1 fully saturated rings. The summed E-state index contributed by atoms with van der Waals surface area (Å²) in [6, 6.07) is 18.1. The molecular weight excluding hydrogens is 328 g/mol. The third kappa shape index (κ3) is 3.47. The van der Waals surface area contributed by atoms with Gasteiger partial charge in [-0.25, -0.2) is 0 Å². The molecule has 6 heteroatoms. The van der Waals surface area contributed by atoms with Gasteiger partial charge in [-0.15, -0.1) is 0 Å². The van der Waals surface area contributed by atoms with Crippen LogP contribution in [0.1, 0.15) is 17.3 Å². The maximum absolute atomic E-state index is 6.36. The van der Waals surface area contributed by atoms with Crippen molar-refractivity contribution in [2.24, 2.45) is 5.73 Å². The van der Waals surface area contributed by atoms with Crippen LogP contribution in [0.2, 0.25) is 0 Å². The first-order valence-electron chi connectivity index (χ1n) is 8.73. The zero-order chi connectivity index (χ0) is 17.9. The molecule has 3 aromatic rings. The molecule has 1 saturated heterocycles. The highest BCUT2D eigenvalue weighted by Gasteiger charge is 2.31. The van der Waals surface area contributed by atoms with E-state index in [1.165, 1.54) is 5.56 Å². The summed E-state index contributed by atoms with van der Waals surface area (Å²) in [5, 5.41) is 4.12. The predicted octanol–water partition coefficient (Wildman–Crippen LogP) is 2.67. The summed E-state index contributed by atoms with van der Waals surface area (Å²) in [6.07, 6.45) is 0. The first-order chi connectivity index (χ1) is 12.7. The maximum Gasteiger partial charge on any atom is 0.257 e. The topological polar surface area (TPSA) is 77.4 Å². The third-order valence-electron chi connectivity index (χ3n) is 4.84. The molecule has 2 atom stereocenters. The molecule has 26 heavy (non-hydrogen) atoms. The Labute approximate surface area is 152 Å². The Hall–Kier alpha value is -2.70. The lowest BCUT2D eigenvalue weighted by atomic mass is 9.95. The molecule has 2 heterocycles. The van der Waals surface area contributed by atoms with Crippen LogP contribution in [0, 0.1) is 0 Å². The average molecular weight is 350 g/mol. The molecule has 1 aliphatic heterocycles. The van der Waals surface area contributed by atoms with Crippen LogP contribution in [0.25, 0.3) is 11.5 Å². The van der Waals surface area contributed by atoms with Gasteiger partial charge < -0.3 is 15.0 Å². The average Bonchev–Trinajstić information content (AvgIpc) is 3.29. The first kappa shape index (κ1) is 16.8. The van der Waals surface area contributed by atoms with Gasteiger partial charge in [0.25, 0.3) is 5.89 Å². The summed E-state index contributed by atoms with van der Waals surface area (Å²) < 4.78 is 10.6. The molecule has 0 bridgehead atoms. The number of nitrogens with two attached hydrogens (primary N) is 1. The Balaban J connectivity index is 1.43. The van der Waals surface area contributed by atoms with E-state index < -0.39 is 0 Å². The molecule has 0 radical (unpaired) electrons. The highest BCUT2D eigenvalue weighted by Crippen LogP contribution is 2.27. The molecule has 2 N–H and O–H groups in total. The van der Waals surface area contributed by atoms with Crippen LogP contribution in [0.15, 0.2) is 59.1 Å². The van der Waals surface area contributed by atoms with Gasteiger partial charge in [-0.2, -0.15) is 4.98 Å². The molecule has 0 amide bonds. The zero-order valence-electron chi connectivity index (χ0n) is 14.7. The monoisotopic (exact) mass is 350 g/mol. The standard InChI is InChI=1S/C20H22N4O2/c1-25-16-9-7-15(8-10-16)20-22-19(23-26-20)13-24-11-17(18(21)12-24)14-5-3-2-4-6-14/h2-10,17-18H,11-13,21H2,1H3/t17-,18+/m0/s1. The minimum atomic E-state index is 0.116. The molecule has 0 unspecified atom stereocenters. The predicted molar refractivity (Wildman–Crippen MR) is 98.7 cm³/mol. The Kier molecular flexibility index (Phi) is 4.69. The van der Waals surface area contributed by atoms with E-state index in [1.54, 1.807) is 7.11 Å². The number of ether oxygens (including phenoxy) is 1. The van der Waals surface area contributed by atoms with Crippen LogP contribution < -0.4 is 10.5 Å². The summed E-state index contributed by atoms with van der Waals surface area (Å²) in [5.41, 5.74) is 8.53. The molecular formula is C20H22N4O2. The lowest BCUT2D eigenvalue weighted by Gasteiger charge is -2.14.